The maximum Gasteiger partial charge on any atom is 0.178 e. The molecular formula is C10H13N3O2S2. The Bertz CT molecular complexity index is 554. The van der Waals surface area contributed by atoms with Crippen LogP contribution in [0.25, 0.3) is 0 Å². The smallest absolute Gasteiger partial charge is 0.178 e. The van der Waals surface area contributed by atoms with Crippen molar-refractivity contribution < 1.29 is 8.42 Å². The summed E-state index contributed by atoms with van der Waals surface area (Å²) in [6.07, 6.45) is 1.18. The molecule has 17 heavy (non-hydrogen) atoms. The number of nitrogens with two attached hydrogens (primary N) is 1. The normalized spacial score (nSPS) is 15.8. The van der Waals surface area contributed by atoms with Crippen molar-refractivity contribution in [2.75, 3.05) is 23.6 Å². The van der Waals surface area contributed by atoms with Crippen LogP contribution in [0.2, 0.25) is 0 Å². The average Bonchev–Trinajstić information content (AvgIpc) is 2.80. The van der Waals surface area contributed by atoms with Gasteiger partial charge in [-0.2, -0.15) is 0 Å². The fraction of sp³-hybridized carbons (Fsp3) is 0.300. The van der Waals surface area contributed by atoms with Crippen LogP contribution in [0.3, 0.4) is 0 Å². The third-order valence-corrected chi connectivity index (χ3v) is 4.38. The van der Waals surface area contributed by atoms with Crippen LogP contribution >= 0.6 is 11.8 Å². The molecule has 1 aliphatic rings. The molecule has 0 unspecified atom stereocenters. The summed E-state index contributed by atoms with van der Waals surface area (Å²) in [5.41, 5.74) is 0.626. The summed E-state index contributed by atoms with van der Waals surface area (Å²) in [4.78, 5) is 4.49. The summed E-state index contributed by atoms with van der Waals surface area (Å²) < 4.78 is 22.9. The van der Waals surface area contributed by atoms with E-state index in [0.29, 0.717) is 5.69 Å². The third-order valence-electron chi connectivity index (χ3n) is 2.30. The maximum absolute atomic E-state index is 11.4. The van der Waals surface area contributed by atoms with Gasteiger partial charge in [0.1, 0.15) is 0 Å². The molecule has 92 valence electrons. The number of amidine groups is 1. The molecule has 7 heteroatoms. The molecule has 1 heterocycles. The van der Waals surface area contributed by atoms with Gasteiger partial charge in [-0.1, -0.05) is 17.8 Å². The molecule has 0 amide bonds. The van der Waals surface area contributed by atoms with Gasteiger partial charge in [-0.3, -0.25) is 10.0 Å². The molecule has 0 aliphatic carbocycles. The zero-order chi connectivity index (χ0) is 12.5. The Kier molecular flexibility index (Phi) is 3.41. The highest BCUT2D eigenvalue weighted by atomic mass is 32.2. The van der Waals surface area contributed by atoms with Gasteiger partial charge in [-0.15, -0.1) is 0 Å². The van der Waals surface area contributed by atoms with Crippen LogP contribution in [-0.4, -0.2) is 32.1 Å². The van der Waals surface area contributed by atoms with Gasteiger partial charge >= 0.3 is 0 Å². The summed E-state index contributed by atoms with van der Waals surface area (Å²) in [5, 5.41) is 2.14. The first-order chi connectivity index (χ1) is 7.98. The standard InChI is InChI=1S/C10H13N3O2S2/c1-17(14,15)9-4-2-3-8(7-9)13(11)10-12-5-6-16-10/h2-4,7H,5-6,11H2,1H3. The molecule has 5 nitrogen and oxygen atoms in total. The lowest BCUT2D eigenvalue weighted by atomic mass is 10.3. The molecule has 1 aromatic rings. The Morgan fingerprint density at radius 1 is 1.47 bits per heavy atom. The fourth-order valence-corrected chi connectivity index (χ4v) is 2.90. The van der Waals surface area contributed by atoms with E-state index in [9.17, 15) is 8.42 Å². The lowest BCUT2D eigenvalue weighted by Crippen LogP contribution is -2.34. The minimum Gasteiger partial charge on any atom is -0.260 e. The van der Waals surface area contributed by atoms with Crippen molar-refractivity contribution in [2.45, 2.75) is 4.90 Å². The second kappa shape index (κ2) is 4.67. The lowest BCUT2D eigenvalue weighted by Gasteiger charge is -2.17. The maximum atomic E-state index is 11.4. The van der Waals surface area contributed by atoms with E-state index in [2.05, 4.69) is 4.99 Å². The number of anilines is 1. The van der Waals surface area contributed by atoms with E-state index in [0.717, 1.165) is 17.5 Å². The Labute approximate surface area is 105 Å². The molecule has 0 saturated heterocycles. The molecule has 0 saturated carbocycles. The first kappa shape index (κ1) is 12.4. The number of benzene rings is 1. The highest BCUT2D eigenvalue weighted by molar-refractivity contribution is 8.14. The second-order valence-corrected chi connectivity index (χ2v) is 6.73. The highest BCUT2D eigenvalue weighted by Gasteiger charge is 2.16. The van der Waals surface area contributed by atoms with E-state index in [4.69, 9.17) is 5.84 Å². The third kappa shape index (κ3) is 2.80. The van der Waals surface area contributed by atoms with Gasteiger partial charge in [-0.05, 0) is 18.2 Å². The quantitative estimate of drug-likeness (QED) is 0.638. The van der Waals surface area contributed by atoms with Crippen molar-refractivity contribution in [3.63, 3.8) is 0 Å². The minimum absolute atomic E-state index is 0.258. The van der Waals surface area contributed by atoms with Crippen molar-refractivity contribution in [3.8, 4) is 0 Å². The Morgan fingerprint density at radius 3 is 2.82 bits per heavy atom. The van der Waals surface area contributed by atoms with Crippen LogP contribution in [0.15, 0.2) is 34.2 Å². The molecular weight excluding hydrogens is 258 g/mol. The van der Waals surface area contributed by atoms with Crippen LogP contribution in [0.4, 0.5) is 5.69 Å². The van der Waals surface area contributed by atoms with Gasteiger partial charge in [0.25, 0.3) is 0 Å². The van der Waals surface area contributed by atoms with Crippen molar-refractivity contribution >= 4 is 32.5 Å². The summed E-state index contributed by atoms with van der Waals surface area (Å²) in [5.74, 6) is 6.81. The first-order valence-corrected chi connectivity index (χ1v) is 7.88. The van der Waals surface area contributed by atoms with E-state index >= 15 is 0 Å². The number of sulfone groups is 1. The van der Waals surface area contributed by atoms with Gasteiger partial charge in [0.15, 0.2) is 15.0 Å². The number of hydrogen-bond donors (Lipinski definition) is 1. The van der Waals surface area contributed by atoms with Crippen molar-refractivity contribution in [3.05, 3.63) is 24.3 Å². The predicted octanol–water partition coefficient (Wildman–Crippen LogP) is 0.873. The van der Waals surface area contributed by atoms with Crippen LogP contribution in [-0.2, 0) is 9.84 Å². The SMILES string of the molecule is CS(=O)(=O)c1cccc(N(N)C2=NCCS2)c1. The average molecular weight is 271 g/mol. The van der Waals surface area contributed by atoms with Gasteiger partial charge in [0.2, 0.25) is 0 Å². The van der Waals surface area contributed by atoms with Crippen molar-refractivity contribution in [2.24, 2.45) is 10.8 Å². The Hall–Kier alpha value is -1.05. The molecule has 0 atom stereocenters. The van der Waals surface area contributed by atoms with Crippen LogP contribution < -0.4 is 10.9 Å². The van der Waals surface area contributed by atoms with Crippen LogP contribution in [0, 0.1) is 0 Å². The Balaban J connectivity index is 2.33. The highest BCUT2D eigenvalue weighted by Crippen LogP contribution is 2.22. The summed E-state index contributed by atoms with van der Waals surface area (Å²) >= 11 is 1.56. The first-order valence-electron chi connectivity index (χ1n) is 5.01. The topological polar surface area (TPSA) is 75.8 Å². The molecule has 0 aromatic heterocycles. The predicted molar refractivity (Wildman–Crippen MR) is 71.0 cm³/mol. The molecule has 1 aliphatic heterocycles. The summed E-state index contributed by atoms with van der Waals surface area (Å²) in [6.45, 7) is 0.749. The Morgan fingerprint density at radius 2 is 2.24 bits per heavy atom. The van der Waals surface area contributed by atoms with Crippen LogP contribution in [0.5, 0.6) is 0 Å². The van der Waals surface area contributed by atoms with E-state index in [1.54, 1.807) is 36.0 Å². The summed E-state index contributed by atoms with van der Waals surface area (Å²) in [7, 11) is -3.21. The molecule has 2 N–H and O–H groups in total. The fourth-order valence-electron chi connectivity index (χ4n) is 1.44. The van der Waals surface area contributed by atoms with Gasteiger partial charge < -0.3 is 0 Å². The zero-order valence-electron chi connectivity index (χ0n) is 9.33. The number of thioether (sulfide) groups is 1. The van der Waals surface area contributed by atoms with E-state index in [1.807, 2.05) is 0 Å². The second-order valence-electron chi connectivity index (χ2n) is 3.65. The molecule has 0 bridgehead atoms. The van der Waals surface area contributed by atoms with E-state index < -0.39 is 9.84 Å². The molecule has 0 fully saturated rings. The van der Waals surface area contributed by atoms with Crippen molar-refractivity contribution in [1.29, 1.82) is 0 Å². The van der Waals surface area contributed by atoms with E-state index in [1.165, 1.54) is 11.3 Å². The zero-order valence-corrected chi connectivity index (χ0v) is 11.0. The number of hydrazine groups is 1. The number of aliphatic imine (C=N–C) groups is 1. The van der Waals surface area contributed by atoms with E-state index in [-0.39, 0.29) is 4.90 Å². The monoisotopic (exact) mass is 271 g/mol. The van der Waals surface area contributed by atoms with Gasteiger partial charge in [-0.25, -0.2) is 14.3 Å². The molecule has 2 rings (SSSR count). The lowest BCUT2D eigenvalue weighted by molar-refractivity contribution is 0.602. The molecule has 0 radical (unpaired) electrons. The van der Waals surface area contributed by atoms with Crippen molar-refractivity contribution in [1.82, 2.24) is 0 Å². The summed E-state index contributed by atoms with van der Waals surface area (Å²) in [6, 6.07) is 6.54. The largest absolute Gasteiger partial charge is 0.260 e. The molecule has 0 spiro atoms. The minimum atomic E-state index is -3.21. The number of nitrogens with zero attached hydrogens (tertiary/aromatic N) is 2. The van der Waals surface area contributed by atoms with Crippen LogP contribution in [0.1, 0.15) is 0 Å². The van der Waals surface area contributed by atoms with Gasteiger partial charge in [0.05, 0.1) is 17.1 Å². The number of rotatable bonds is 2. The number of hydrogen-bond acceptors (Lipinski definition) is 6. The molecule has 1 aromatic carbocycles. The van der Waals surface area contributed by atoms with Gasteiger partial charge in [0, 0.05) is 12.0 Å².